The second-order valence-corrected chi connectivity index (χ2v) is 5.46. The summed E-state index contributed by atoms with van der Waals surface area (Å²) in [6.45, 7) is 6.08. The topological polar surface area (TPSA) is 26.0 Å². The van der Waals surface area contributed by atoms with E-state index in [-0.39, 0.29) is 0 Å². The van der Waals surface area contributed by atoms with E-state index in [4.69, 9.17) is 4.42 Å². The Hall–Kier alpha value is -1.61. The van der Waals surface area contributed by atoms with Crippen LogP contribution < -0.4 is 0 Å². The molecule has 2 nitrogen and oxygen atoms in total. The fraction of sp³-hybridized carbons (Fsp3) is 0.214. The summed E-state index contributed by atoms with van der Waals surface area (Å²) in [5.41, 5.74) is 3.28. The molecule has 0 aliphatic rings. The average molecular weight is 243 g/mol. The molecule has 2 aromatic heterocycles. The van der Waals surface area contributed by atoms with E-state index < -0.39 is 0 Å². The Morgan fingerprint density at radius 3 is 2.65 bits per heavy atom. The quantitative estimate of drug-likeness (QED) is 0.629. The zero-order chi connectivity index (χ0) is 12.0. The van der Waals surface area contributed by atoms with Gasteiger partial charge in [0, 0.05) is 5.39 Å². The number of aryl methyl sites for hydroxylation is 3. The molecule has 17 heavy (non-hydrogen) atoms. The zero-order valence-corrected chi connectivity index (χ0v) is 10.9. The summed E-state index contributed by atoms with van der Waals surface area (Å²) in [5.74, 6) is 0.953. The maximum Gasteiger partial charge on any atom is 0.134 e. The van der Waals surface area contributed by atoms with Crippen molar-refractivity contribution in [3.05, 3.63) is 40.7 Å². The second kappa shape index (κ2) is 3.70. The molecule has 3 rings (SSSR count). The number of nitrogens with zero attached hydrogens (tertiary/aromatic N) is 1. The van der Waals surface area contributed by atoms with E-state index in [1.165, 1.54) is 10.4 Å². The summed E-state index contributed by atoms with van der Waals surface area (Å²) >= 11 is 1.74. The van der Waals surface area contributed by atoms with E-state index in [1.54, 1.807) is 11.3 Å². The van der Waals surface area contributed by atoms with Crippen LogP contribution in [0.2, 0.25) is 0 Å². The monoisotopic (exact) mass is 243 g/mol. The summed E-state index contributed by atoms with van der Waals surface area (Å²) in [5, 5.41) is 2.27. The second-order valence-electron chi connectivity index (χ2n) is 4.26. The normalized spacial score (nSPS) is 11.2. The van der Waals surface area contributed by atoms with Crippen LogP contribution in [0.15, 0.2) is 28.7 Å². The largest absolute Gasteiger partial charge is 0.461 e. The summed E-state index contributed by atoms with van der Waals surface area (Å²) in [6, 6.07) is 8.38. The Morgan fingerprint density at radius 2 is 1.94 bits per heavy atom. The highest BCUT2D eigenvalue weighted by Crippen LogP contribution is 2.32. The van der Waals surface area contributed by atoms with Gasteiger partial charge in [-0.15, -0.1) is 11.3 Å². The van der Waals surface area contributed by atoms with E-state index in [1.807, 2.05) is 19.9 Å². The third kappa shape index (κ3) is 1.76. The van der Waals surface area contributed by atoms with Gasteiger partial charge in [-0.2, -0.15) is 0 Å². The van der Waals surface area contributed by atoms with Gasteiger partial charge < -0.3 is 4.42 Å². The summed E-state index contributed by atoms with van der Waals surface area (Å²) < 4.78 is 5.58. The third-order valence-electron chi connectivity index (χ3n) is 2.81. The first-order valence-corrected chi connectivity index (χ1v) is 6.40. The van der Waals surface area contributed by atoms with Crippen molar-refractivity contribution in [3.8, 4) is 10.4 Å². The predicted molar refractivity (Wildman–Crippen MR) is 71.5 cm³/mol. The fourth-order valence-electron chi connectivity index (χ4n) is 2.12. The van der Waals surface area contributed by atoms with Gasteiger partial charge in [-0.25, -0.2) is 4.98 Å². The maximum absolute atomic E-state index is 5.58. The summed E-state index contributed by atoms with van der Waals surface area (Å²) in [6.07, 6.45) is 0. The van der Waals surface area contributed by atoms with Gasteiger partial charge in [0.2, 0.25) is 0 Å². The molecule has 0 aliphatic carbocycles. The molecule has 0 fully saturated rings. The number of hydrogen-bond acceptors (Lipinski definition) is 3. The molecule has 1 aromatic carbocycles. The van der Waals surface area contributed by atoms with Crippen LogP contribution in [0.5, 0.6) is 0 Å². The van der Waals surface area contributed by atoms with Crippen LogP contribution in [0.4, 0.5) is 0 Å². The first kappa shape index (κ1) is 10.5. The Balaban J connectivity index is 2.20. The molecule has 3 aromatic rings. The Bertz CT molecular complexity index is 693. The van der Waals surface area contributed by atoms with Gasteiger partial charge >= 0.3 is 0 Å². The average Bonchev–Trinajstić information content (AvgIpc) is 2.78. The lowest BCUT2D eigenvalue weighted by Crippen LogP contribution is -1.77. The minimum absolute atomic E-state index is 0.949. The highest BCUT2D eigenvalue weighted by molar-refractivity contribution is 7.15. The third-order valence-corrected chi connectivity index (χ3v) is 3.93. The Labute approximate surface area is 104 Å². The number of hydrogen-bond donors (Lipinski definition) is 0. The summed E-state index contributed by atoms with van der Waals surface area (Å²) in [4.78, 5) is 5.72. The molecular formula is C14H13NOS. The Morgan fingerprint density at radius 1 is 1.12 bits per heavy atom. The standard InChI is InChI=1S/C14H13NOS/c1-8-6-12-7-11(4-5-13(12)16-8)14-9(2)15-10(3)17-14/h4-7H,1-3H3. The number of furan rings is 1. The molecule has 0 unspecified atom stereocenters. The molecule has 0 saturated carbocycles. The molecule has 0 saturated heterocycles. The lowest BCUT2D eigenvalue weighted by molar-refractivity contribution is 0.578. The number of benzene rings is 1. The van der Waals surface area contributed by atoms with Crippen molar-refractivity contribution in [1.82, 2.24) is 4.98 Å². The van der Waals surface area contributed by atoms with Crippen molar-refractivity contribution in [3.63, 3.8) is 0 Å². The van der Waals surface area contributed by atoms with Crippen LogP contribution in [-0.2, 0) is 0 Å². The maximum atomic E-state index is 5.58. The lowest BCUT2D eigenvalue weighted by atomic mass is 10.1. The summed E-state index contributed by atoms with van der Waals surface area (Å²) in [7, 11) is 0. The van der Waals surface area contributed by atoms with Gasteiger partial charge in [0.15, 0.2) is 0 Å². The van der Waals surface area contributed by atoms with Gasteiger partial charge in [-0.05, 0) is 50.6 Å². The molecule has 0 radical (unpaired) electrons. The number of thiazole rings is 1. The first-order chi connectivity index (χ1) is 8.13. The van der Waals surface area contributed by atoms with E-state index in [9.17, 15) is 0 Å². The molecule has 2 heterocycles. The van der Waals surface area contributed by atoms with Crippen LogP contribution in [0.3, 0.4) is 0 Å². The van der Waals surface area contributed by atoms with Gasteiger partial charge in [-0.1, -0.05) is 0 Å². The fourth-order valence-corrected chi connectivity index (χ4v) is 3.03. The van der Waals surface area contributed by atoms with Gasteiger partial charge in [-0.3, -0.25) is 0 Å². The predicted octanol–water partition coefficient (Wildman–Crippen LogP) is 4.48. The van der Waals surface area contributed by atoms with E-state index >= 15 is 0 Å². The van der Waals surface area contributed by atoms with Crippen LogP contribution in [0.25, 0.3) is 21.4 Å². The Kier molecular flexibility index (Phi) is 2.30. The molecule has 0 spiro atoms. The van der Waals surface area contributed by atoms with Crippen molar-refractivity contribution in [1.29, 1.82) is 0 Å². The lowest BCUT2D eigenvalue weighted by Gasteiger charge is -1.98. The van der Waals surface area contributed by atoms with Gasteiger partial charge in [0.25, 0.3) is 0 Å². The van der Waals surface area contributed by atoms with Gasteiger partial charge in [0.05, 0.1) is 15.6 Å². The van der Waals surface area contributed by atoms with Crippen molar-refractivity contribution >= 4 is 22.3 Å². The number of fused-ring (bicyclic) bond motifs is 1. The van der Waals surface area contributed by atoms with E-state index in [0.29, 0.717) is 0 Å². The molecule has 86 valence electrons. The molecule has 0 amide bonds. The van der Waals surface area contributed by atoms with Crippen LogP contribution >= 0.6 is 11.3 Å². The smallest absolute Gasteiger partial charge is 0.134 e. The van der Waals surface area contributed by atoms with Crippen LogP contribution in [0.1, 0.15) is 16.5 Å². The zero-order valence-electron chi connectivity index (χ0n) is 10.1. The molecule has 0 bridgehead atoms. The molecule has 0 aliphatic heterocycles. The molecular weight excluding hydrogens is 230 g/mol. The van der Waals surface area contributed by atoms with Crippen molar-refractivity contribution in [2.24, 2.45) is 0 Å². The minimum Gasteiger partial charge on any atom is -0.461 e. The van der Waals surface area contributed by atoms with E-state index in [0.717, 1.165) is 27.4 Å². The molecule has 0 N–H and O–H groups in total. The van der Waals surface area contributed by atoms with Crippen LogP contribution in [0, 0.1) is 20.8 Å². The number of aromatic nitrogens is 1. The van der Waals surface area contributed by atoms with Crippen molar-refractivity contribution < 1.29 is 4.42 Å². The molecule has 0 atom stereocenters. The SMILES string of the molecule is Cc1cc2cc(-c3sc(C)nc3C)ccc2o1. The molecule has 3 heteroatoms. The van der Waals surface area contributed by atoms with Crippen LogP contribution in [-0.4, -0.2) is 4.98 Å². The van der Waals surface area contributed by atoms with Crippen molar-refractivity contribution in [2.45, 2.75) is 20.8 Å². The minimum atomic E-state index is 0.949. The first-order valence-electron chi connectivity index (χ1n) is 5.58. The van der Waals surface area contributed by atoms with Gasteiger partial charge in [0.1, 0.15) is 11.3 Å². The highest BCUT2D eigenvalue weighted by atomic mass is 32.1. The highest BCUT2D eigenvalue weighted by Gasteiger charge is 2.09. The van der Waals surface area contributed by atoms with E-state index in [2.05, 4.69) is 30.1 Å². The van der Waals surface area contributed by atoms with Crippen molar-refractivity contribution in [2.75, 3.05) is 0 Å². The number of rotatable bonds is 1.